The van der Waals surface area contributed by atoms with Crippen molar-refractivity contribution in [2.45, 2.75) is 44.2 Å². The molecule has 1 saturated heterocycles. The minimum atomic E-state index is -0.196. The van der Waals surface area contributed by atoms with Crippen molar-refractivity contribution in [3.8, 4) is 0 Å². The number of nitrogens with one attached hydrogen (secondary N) is 1. The standard InChI is InChI=1S/C15H16FIN2O/c16-9-6-13-11(7-10(9)17)18-15(20)14-5-8-3-1-2-4-12(8)19(13)14/h6-8,12,14H,1-5H2,(H,18,20). The number of fused-ring (bicyclic) bond motifs is 5. The molecule has 4 rings (SSSR count). The molecule has 2 heterocycles. The van der Waals surface area contributed by atoms with Crippen LogP contribution in [0.25, 0.3) is 0 Å². The fraction of sp³-hybridized carbons (Fsp3) is 0.533. The van der Waals surface area contributed by atoms with Gasteiger partial charge in [-0.25, -0.2) is 4.39 Å². The summed E-state index contributed by atoms with van der Waals surface area (Å²) >= 11 is 1.97. The molecule has 3 unspecified atom stereocenters. The van der Waals surface area contributed by atoms with Gasteiger partial charge in [0, 0.05) is 12.1 Å². The number of carbonyl (C=O) groups is 1. The van der Waals surface area contributed by atoms with Crippen molar-refractivity contribution in [3.05, 3.63) is 21.5 Å². The summed E-state index contributed by atoms with van der Waals surface area (Å²) in [7, 11) is 0. The molecule has 1 aliphatic carbocycles. The molecule has 0 aromatic heterocycles. The van der Waals surface area contributed by atoms with Crippen LogP contribution < -0.4 is 10.2 Å². The molecule has 5 heteroatoms. The fourth-order valence-electron chi connectivity index (χ4n) is 4.11. The van der Waals surface area contributed by atoms with Gasteiger partial charge in [-0.05, 0) is 53.8 Å². The quantitative estimate of drug-likeness (QED) is 0.693. The Morgan fingerprint density at radius 2 is 2.10 bits per heavy atom. The van der Waals surface area contributed by atoms with Gasteiger partial charge in [-0.3, -0.25) is 4.79 Å². The minimum absolute atomic E-state index is 0.0781. The normalized spacial score (nSPS) is 31.4. The number of amides is 1. The molecule has 1 saturated carbocycles. The van der Waals surface area contributed by atoms with E-state index in [4.69, 9.17) is 0 Å². The van der Waals surface area contributed by atoms with Gasteiger partial charge >= 0.3 is 0 Å². The van der Waals surface area contributed by atoms with E-state index in [0.717, 1.165) is 24.2 Å². The zero-order chi connectivity index (χ0) is 13.9. The molecule has 2 fully saturated rings. The molecule has 3 aliphatic rings. The first-order chi connectivity index (χ1) is 9.65. The molecular formula is C15H16FIN2O. The summed E-state index contributed by atoms with van der Waals surface area (Å²) in [5.74, 6) is 0.473. The predicted molar refractivity (Wildman–Crippen MR) is 84.4 cm³/mol. The van der Waals surface area contributed by atoms with E-state index >= 15 is 0 Å². The van der Waals surface area contributed by atoms with Crippen LogP contribution in [0.4, 0.5) is 15.8 Å². The SMILES string of the molecule is O=C1Nc2cc(I)c(F)cc2N2C1CC1CCCCC12. The summed E-state index contributed by atoms with van der Waals surface area (Å²) in [6.07, 6.45) is 5.73. The highest BCUT2D eigenvalue weighted by Gasteiger charge is 2.48. The highest BCUT2D eigenvalue weighted by atomic mass is 127. The van der Waals surface area contributed by atoms with Crippen molar-refractivity contribution < 1.29 is 9.18 Å². The molecule has 1 aromatic carbocycles. The topological polar surface area (TPSA) is 32.3 Å². The first-order valence-corrected chi connectivity index (χ1v) is 8.31. The molecule has 1 aromatic rings. The second-order valence-electron chi connectivity index (χ2n) is 6.04. The average Bonchev–Trinajstić information content (AvgIpc) is 2.82. The van der Waals surface area contributed by atoms with E-state index in [1.807, 2.05) is 22.6 Å². The van der Waals surface area contributed by atoms with Gasteiger partial charge in [0.25, 0.3) is 0 Å². The Bertz CT molecular complexity index is 591. The van der Waals surface area contributed by atoms with Crippen LogP contribution in [0.1, 0.15) is 32.1 Å². The summed E-state index contributed by atoms with van der Waals surface area (Å²) in [6, 6.07) is 3.66. The highest BCUT2D eigenvalue weighted by Crippen LogP contribution is 2.47. The minimum Gasteiger partial charge on any atom is -0.354 e. The first-order valence-electron chi connectivity index (χ1n) is 7.23. The molecule has 2 aliphatic heterocycles. The van der Waals surface area contributed by atoms with E-state index in [-0.39, 0.29) is 17.8 Å². The number of anilines is 2. The number of hydrogen-bond donors (Lipinski definition) is 1. The molecule has 3 atom stereocenters. The zero-order valence-corrected chi connectivity index (χ0v) is 13.2. The van der Waals surface area contributed by atoms with Gasteiger partial charge in [0.05, 0.1) is 14.9 Å². The summed E-state index contributed by atoms with van der Waals surface area (Å²) in [6.45, 7) is 0. The molecule has 1 N–H and O–H groups in total. The third kappa shape index (κ3) is 1.78. The van der Waals surface area contributed by atoms with Crippen LogP contribution in [0.15, 0.2) is 12.1 Å². The zero-order valence-electron chi connectivity index (χ0n) is 11.0. The lowest BCUT2D eigenvalue weighted by Gasteiger charge is -2.39. The number of benzene rings is 1. The largest absolute Gasteiger partial charge is 0.354 e. The van der Waals surface area contributed by atoms with Gasteiger partial charge in [-0.15, -0.1) is 0 Å². The van der Waals surface area contributed by atoms with Gasteiger partial charge < -0.3 is 10.2 Å². The van der Waals surface area contributed by atoms with E-state index in [9.17, 15) is 9.18 Å². The molecule has 3 nitrogen and oxygen atoms in total. The number of hydrogen-bond acceptors (Lipinski definition) is 2. The summed E-state index contributed by atoms with van der Waals surface area (Å²) in [5.41, 5.74) is 1.64. The Balaban J connectivity index is 1.83. The Kier molecular flexibility index (Phi) is 2.94. The van der Waals surface area contributed by atoms with Crippen LogP contribution in [0.3, 0.4) is 0 Å². The van der Waals surface area contributed by atoms with E-state index in [2.05, 4.69) is 10.2 Å². The summed E-state index contributed by atoms with van der Waals surface area (Å²) < 4.78 is 14.5. The number of carbonyl (C=O) groups excluding carboxylic acids is 1. The number of rotatable bonds is 0. The average molecular weight is 386 g/mol. The van der Waals surface area contributed by atoms with Crippen LogP contribution in [-0.4, -0.2) is 18.0 Å². The van der Waals surface area contributed by atoms with Crippen LogP contribution in [0.2, 0.25) is 0 Å². The fourth-order valence-corrected chi connectivity index (χ4v) is 4.57. The smallest absolute Gasteiger partial charge is 0.247 e. The van der Waals surface area contributed by atoms with Gasteiger partial charge in [0.2, 0.25) is 5.91 Å². The highest BCUT2D eigenvalue weighted by molar-refractivity contribution is 14.1. The van der Waals surface area contributed by atoms with Gasteiger partial charge in [0.1, 0.15) is 11.9 Å². The van der Waals surface area contributed by atoms with Crippen LogP contribution in [-0.2, 0) is 4.79 Å². The van der Waals surface area contributed by atoms with Crippen molar-refractivity contribution >= 4 is 39.9 Å². The Morgan fingerprint density at radius 1 is 1.30 bits per heavy atom. The molecular weight excluding hydrogens is 370 g/mol. The lowest BCUT2D eigenvalue weighted by Crippen LogP contribution is -2.48. The molecule has 106 valence electrons. The molecule has 1 amide bonds. The lowest BCUT2D eigenvalue weighted by atomic mass is 9.84. The van der Waals surface area contributed by atoms with Crippen molar-refractivity contribution in [3.63, 3.8) is 0 Å². The maximum Gasteiger partial charge on any atom is 0.247 e. The van der Waals surface area contributed by atoms with E-state index in [0.29, 0.717) is 15.5 Å². The Morgan fingerprint density at radius 3 is 2.95 bits per heavy atom. The second-order valence-corrected chi connectivity index (χ2v) is 7.21. The monoisotopic (exact) mass is 386 g/mol. The number of halogens is 2. The van der Waals surface area contributed by atoms with Crippen molar-refractivity contribution in [2.75, 3.05) is 10.2 Å². The first kappa shape index (κ1) is 12.9. The van der Waals surface area contributed by atoms with Crippen molar-refractivity contribution in [2.24, 2.45) is 5.92 Å². The summed E-state index contributed by atoms with van der Waals surface area (Å²) in [4.78, 5) is 14.5. The molecule has 0 spiro atoms. The van der Waals surface area contributed by atoms with Gasteiger partial charge in [-0.1, -0.05) is 12.8 Å². The van der Waals surface area contributed by atoms with E-state index < -0.39 is 0 Å². The number of nitrogens with zero attached hydrogens (tertiary/aromatic N) is 1. The van der Waals surface area contributed by atoms with Crippen molar-refractivity contribution in [1.29, 1.82) is 0 Å². The third-order valence-electron chi connectivity index (χ3n) is 4.97. The third-order valence-corrected chi connectivity index (χ3v) is 5.79. The van der Waals surface area contributed by atoms with E-state index in [1.54, 1.807) is 12.1 Å². The molecule has 0 radical (unpaired) electrons. The van der Waals surface area contributed by atoms with Crippen LogP contribution in [0.5, 0.6) is 0 Å². The van der Waals surface area contributed by atoms with Gasteiger partial charge in [-0.2, -0.15) is 0 Å². The van der Waals surface area contributed by atoms with Crippen LogP contribution in [0, 0.1) is 15.3 Å². The maximum atomic E-state index is 13.9. The Hall–Kier alpha value is -0.850. The van der Waals surface area contributed by atoms with Crippen molar-refractivity contribution in [1.82, 2.24) is 0 Å². The van der Waals surface area contributed by atoms with Gasteiger partial charge in [0.15, 0.2) is 0 Å². The maximum absolute atomic E-state index is 13.9. The second kappa shape index (κ2) is 4.58. The van der Waals surface area contributed by atoms with Crippen LogP contribution >= 0.6 is 22.6 Å². The predicted octanol–water partition coefficient (Wildman–Crippen LogP) is 3.52. The molecule has 20 heavy (non-hydrogen) atoms. The lowest BCUT2D eigenvalue weighted by molar-refractivity contribution is -0.117. The molecule has 0 bridgehead atoms. The Labute approximate surface area is 131 Å². The van der Waals surface area contributed by atoms with E-state index in [1.165, 1.54) is 19.3 Å². The summed E-state index contributed by atoms with van der Waals surface area (Å²) in [5, 5.41) is 2.96.